The molecule has 3 heteroatoms. The lowest BCUT2D eigenvalue weighted by Crippen LogP contribution is -2.34. The van der Waals surface area contributed by atoms with Gasteiger partial charge in [0, 0.05) is 31.2 Å². The summed E-state index contributed by atoms with van der Waals surface area (Å²) >= 11 is 5.92. The zero-order valence-corrected chi connectivity index (χ0v) is 11.3. The Hall–Kier alpha value is -0.600. The fourth-order valence-corrected chi connectivity index (χ4v) is 2.86. The highest BCUT2D eigenvalue weighted by atomic mass is 35.5. The van der Waals surface area contributed by atoms with Crippen LogP contribution in [0.5, 0.6) is 0 Å². The normalized spacial score (nSPS) is 16.9. The maximum atomic E-state index is 5.92. The van der Waals surface area contributed by atoms with E-state index >= 15 is 0 Å². The molecular formula is C14H21ClN2. The third-order valence-corrected chi connectivity index (χ3v) is 3.85. The third kappa shape index (κ3) is 3.43. The molecule has 1 aliphatic rings. The molecule has 0 unspecified atom stereocenters. The summed E-state index contributed by atoms with van der Waals surface area (Å²) in [6.45, 7) is 4.06. The monoisotopic (exact) mass is 252 g/mol. The van der Waals surface area contributed by atoms with Gasteiger partial charge in [-0.05, 0) is 31.4 Å². The van der Waals surface area contributed by atoms with Gasteiger partial charge in [-0.15, -0.1) is 11.6 Å². The van der Waals surface area contributed by atoms with Gasteiger partial charge >= 0.3 is 0 Å². The standard InChI is InChI=1S/C14H21ClN2/c1-12-5-4-9-16-14(12)11-17(10-8-15)13-6-2-3-7-13/h4-5,9,13H,2-3,6-8,10-11H2,1H3. The van der Waals surface area contributed by atoms with Crippen LogP contribution in [0, 0.1) is 6.92 Å². The minimum absolute atomic E-state index is 0.711. The van der Waals surface area contributed by atoms with Crippen LogP contribution in [-0.2, 0) is 6.54 Å². The summed E-state index contributed by atoms with van der Waals surface area (Å²) in [6, 6.07) is 4.85. The van der Waals surface area contributed by atoms with Gasteiger partial charge in [-0.2, -0.15) is 0 Å². The summed E-state index contributed by atoms with van der Waals surface area (Å²) in [5.41, 5.74) is 2.48. The Balaban J connectivity index is 2.04. The van der Waals surface area contributed by atoms with Crippen LogP contribution in [0.4, 0.5) is 0 Å². The average molecular weight is 253 g/mol. The van der Waals surface area contributed by atoms with E-state index in [1.165, 1.54) is 36.9 Å². The summed E-state index contributed by atoms with van der Waals surface area (Å²) < 4.78 is 0. The van der Waals surface area contributed by atoms with Crippen molar-refractivity contribution in [3.63, 3.8) is 0 Å². The first kappa shape index (κ1) is 12.8. The first-order chi connectivity index (χ1) is 8.31. The van der Waals surface area contributed by atoms with E-state index in [-0.39, 0.29) is 0 Å². The number of nitrogens with zero attached hydrogens (tertiary/aromatic N) is 2. The molecule has 0 N–H and O–H groups in total. The fourth-order valence-electron chi connectivity index (χ4n) is 2.64. The van der Waals surface area contributed by atoms with Crippen molar-refractivity contribution < 1.29 is 0 Å². The molecular weight excluding hydrogens is 232 g/mol. The van der Waals surface area contributed by atoms with Gasteiger partial charge in [-0.3, -0.25) is 9.88 Å². The third-order valence-electron chi connectivity index (χ3n) is 3.68. The number of aryl methyl sites for hydroxylation is 1. The van der Waals surface area contributed by atoms with Crippen molar-refractivity contribution >= 4 is 11.6 Å². The molecule has 0 aromatic carbocycles. The predicted molar refractivity (Wildman–Crippen MR) is 72.4 cm³/mol. The number of rotatable bonds is 5. The Morgan fingerprint density at radius 2 is 2.18 bits per heavy atom. The molecule has 1 aromatic rings. The van der Waals surface area contributed by atoms with Crippen LogP contribution < -0.4 is 0 Å². The van der Waals surface area contributed by atoms with Crippen LogP contribution in [-0.4, -0.2) is 28.4 Å². The van der Waals surface area contributed by atoms with Gasteiger partial charge in [0.25, 0.3) is 0 Å². The van der Waals surface area contributed by atoms with Crippen molar-refractivity contribution in [3.8, 4) is 0 Å². The Labute approximate surface area is 109 Å². The van der Waals surface area contributed by atoms with Crippen molar-refractivity contribution in [3.05, 3.63) is 29.6 Å². The molecule has 1 saturated carbocycles. The maximum absolute atomic E-state index is 5.92. The zero-order valence-electron chi connectivity index (χ0n) is 10.5. The van der Waals surface area contributed by atoms with Crippen LogP contribution in [0.2, 0.25) is 0 Å². The van der Waals surface area contributed by atoms with Crippen LogP contribution in [0.25, 0.3) is 0 Å². The van der Waals surface area contributed by atoms with Crippen molar-refractivity contribution in [2.45, 2.75) is 45.2 Å². The van der Waals surface area contributed by atoms with Crippen LogP contribution in [0.15, 0.2) is 18.3 Å². The molecule has 94 valence electrons. The van der Waals surface area contributed by atoms with Crippen LogP contribution in [0.3, 0.4) is 0 Å². The first-order valence-corrected chi connectivity index (χ1v) is 7.05. The van der Waals surface area contributed by atoms with Gasteiger partial charge < -0.3 is 0 Å². The highest BCUT2D eigenvalue weighted by Gasteiger charge is 2.22. The van der Waals surface area contributed by atoms with Gasteiger partial charge in [0.05, 0.1) is 5.69 Å². The molecule has 1 fully saturated rings. The minimum atomic E-state index is 0.711. The molecule has 1 heterocycles. The van der Waals surface area contributed by atoms with Gasteiger partial charge in [0.2, 0.25) is 0 Å². The summed E-state index contributed by atoms with van der Waals surface area (Å²) in [6.07, 6.45) is 7.26. The van der Waals surface area contributed by atoms with Crippen LogP contribution >= 0.6 is 11.6 Å². The molecule has 0 amide bonds. The number of hydrogen-bond acceptors (Lipinski definition) is 2. The van der Waals surface area contributed by atoms with Gasteiger partial charge in [0.1, 0.15) is 0 Å². The Bertz CT molecular complexity index is 348. The largest absolute Gasteiger partial charge is 0.293 e. The number of aromatic nitrogens is 1. The first-order valence-electron chi connectivity index (χ1n) is 6.52. The van der Waals surface area contributed by atoms with E-state index in [1.54, 1.807) is 0 Å². The number of halogens is 1. The van der Waals surface area contributed by atoms with E-state index in [9.17, 15) is 0 Å². The molecule has 0 atom stereocenters. The van der Waals surface area contributed by atoms with E-state index in [0.717, 1.165) is 19.1 Å². The van der Waals surface area contributed by atoms with E-state index in [2.05, 4.69) is 22.9 Å². The Kier molecular flexibility index (Phi) is 4.81. The number of hydrogen-bond donors (Lipinski definition) is 0. The van der Waals surface area contributed by atoms with Crippen molar-refractivity contribution in [1.29, 1.82) is 0 Å². The SMILES string of the molecule is Cc1cccnc1CN(CCCl)C1CCCC1. The topological polar surface area (TPSA) is 16.1 Å². The summed E-state index contributed by atoms with van der Waals surface area (Å²) in [5, 5.41) is 0. The second-order valence-corrected chi connectivity index (χ2v) is 5.24. The molecule has 2 nitrogen and oxygen atoms in total. The van der Waals surface area contributed by atoms with E-state index < -0.39 is 0 Å². The Morgan fingerprint density at radius 1 is 1.41 bits per heavy atom. The van der Waals surface area contributed by atoms with Crippen molar-refractivity contribution in [1.82, 2.24) is 9.88 Å². The molecule has 1 aliphatic carbocycles. The molecule has 0 spiro atoms. The highest BCUT2D eigenvalue weighted by Crippen LogP contribution is 2.25. The summed E-state index contributed by atoms with van der Waals surface area (Å²) in [4.78, 5) is 7.00. The van der Waals surface area contributed by atoms with E-state index in [1.807, 2.05) is 12.3 Å². The van der Waals surface area contributed by atoms with Gasteiger partial charge in [-0.1, -0.05) is 18.9 Å². The molecule has 1 aromatic heterocycles. The fraction of sp³-hybridized carbons (Fsp3) is 0.643. The highest BCUT2D eigenvalue weighted by molar-refractivity contribution is 6.18. The lowest BCUT2D eigenvalue weighted by Gasteiger charge is -2.28. The molecule has 17 heavy (non-hydrogen) atoms. The van der Waals surface area contributed by atoms with Crippen molar-refractivity contribution in [2.24, 2.45) is 0 Å². The molecule has 0 aliphatic heterocycles. The van der Waals surface area contributed by atoms with Crippen molar-refractivity contribution in [2.75, 3.05) is 12.4 Å². The average Bonchev–Trinajstić information content (AvgIpc) is 2.85. The number of pyridine rings is 1. The van der Waals surface area contributed by atoms with Gasteiger partial charge in [-0.25, -0.2) is 0 Å². The quantitative estimate of drug-likeness (QED) is 0.747. The van der Waals surface area contributed by atoms with E-state index in [0.29, 0.717) is 5.88 Å². The van der Waals surface area contributed by atoms with Crippen LogP contribution in [0.1, 0.15) is 36.9 Å². The Morgan fingerprint density at radius 3 is 2.82 bits per heavy atom. The zero-order chi connectivity index (χ0) is 12.1. The summed E-state index contributed by atoms with van der Waals surface area (Å²) in [7, 11) is 0. The molecule has 2 rings (SSSR count). The molecule has 0 radical (unpaired) electrons. The lowest BCUT2D eigenvalue weighted by atomic mass is 10.1. The maximum Gasteiger partial charge on any atom is 0.0573 e. The summed E-state index contributed by atoms with van der Waals surface area (Å²) in [5.74, 6) is 0.711. The minimum Gasteiger partial charge on any atom is -0.293 e. The smallest absolute Gasteiger partial charge is 0.0573 e. The second kappa shape index (κ2) is 6.36. The predicted octanol–water partition coefficient (Wildman–Crippen LogP) is 3.37. The van der Waals surface area contributed by atoms with E-state index in [4.69, 9.17) is 11.6 Å². The van der Waals surface area contributed by atoms with Gasteiger partial charge in [0.15, 0.2) is 0 Å². The second-order valence-electron chi connectivity index (χ2n) is 4.86. The number of alkyl halides is 1. The molecule has 0 saturated heterocycles. The lowest BCUT2D eigenvalue weighted by molar-refractivity contribution is 0.199. The molecule has 0 bridgehead atoms.